The van der Waals surface area contributed by atoms with Crippen LogP contribution in [0.25, 0.3) is 0 Å². The Kier molecular flexibility index (Phi) is 11.5. The van der Waals surface area contributed by atoms with Crippen LogP contribution in [0.1, 0.15) is 22.3 Å². The first-order valence-electron chi connectivity index (χ1n) is 13.8. The van der Waals surface area contributed by atoms with E-state index in [0.29, 0.717) is 26.7 Å². The number of carbonyl (C=O) groups is 2. The SMILES string of the molecule is CS(=O)(=O)N(CC(=O)N(Cc1ccc(F)cc1)[C@H](Cc1ccccc1)C(=O)NCc1ccc(Cl)cc1Cl)Cc1ccccc1. The van der Waals surface area contributed by atoms with Crippen molar-refractivity contribution < 1.29 is 22.4 Å². The van der Waals surface area contributed by atoms with E-state index in [1.165, 1.54) is 29.2 Å². The summed E-state index contributed by atoms with van der Waals surface area (Å²) in [7, 11) is -3.82. The van der Waals surface area contributed by atoms with Gasteiger partial charge in [-0.25, -0.2) is 12.8 Å². The van der Waals surface area contributed by atoms with Crippen LogP contribution in [0.15, 0.2) is 103 Å². The molecule has 0 unspecified atom stereocenters. The highest BCUT2D eigenvalue weighted by molar-refractivity contribution is 7.88. The van der Waals surface area contributed by atoms with Gasteiger partial charge in [0.2, 0.25) is 21.8 Å². The fourth-order valence-corrected chi connectivity index (χ4v) is 5.83. The van der Waals surface area contributed by atoms with E-state index in [1.807, 2.05) is 36.4 Å². The van der Waals surface area contributed by atoms with Crippen molar-refractivity contribution in [2.75, 3.05) is 12.8 Å². The van der Waals surface area contributed by atoms with Gasteiger partial charge in [-0.3, -0.25) is 9.59 Å². The topological polar surface area (TPSA) is 86.8 Å². The summed E-state index contributed by atoms with van der Waals surface area (Å²) in [4.78, 5) is 29.3. The Bertz CT molecular complexity index is 1670. The molecule has 230 valence electrons. The Hall–Kier alpha value is -3.76. The molecule has 2 amide bonds. The number of nitrogens with one attached hydrogen (secondary N) is 1. The molecule has 1 atom stereocenters. The van der Waals surface area contributed by atoms with Crippen molar-refractivity contribution in [2.45, 2.75) is 32.1 Å². The van der Waals surface area contributed by atoms with Crippen molar-refractivity contribution in [1.82, 2.24) is 14.5 Å². The van der Waals surface area contributed by atoms with Crippen LogP contribution in [0.4, 0.5) is 4.39 Å². The third-order valence-electron chi connectivity index (χ3n) is 6.99. The van der Waals surface area contributed by atoms with Crippen LogP contribution >= 0.6 is 23.2 Å². The highest BCUT2D eigenvalue weighted by Gasteiger charge is 2.33. The van der Waals surface area contributed by atoms with E-state index in [1.54, 1.807) is 42.5 Å². The number of amides is 2. The lowest BCUT2D eigenvalue weighted by atomic mass is 10.0. The fraction of sp³-hybridized carbons (Fsp3) is 0.212. The van der Waals surface area contributed by atoms with E-state index >= 15 is 0 Å². The monoisotopic (exact) mass is 655 g/mol. The Morgan fingerprint density at radius 2 is 1.41 bits per heavy atom. The van der Waals surface area contributed by atoms with Gasteiger partial charge < -0.3 is 10.2 Å². The highest BCUT2D eigenvalue weighted by atomic mass is 35.5. The molecule has 0 aliphatic heterocycles. The van der Waals surface area contributed by atoms with E-state index < -0.39 is 40.2 Å². The number of halogens is 3. The third-order valence-corrected chi connectivity index (χ3v) is 8.77. The van der Waals surface area contributed by atoms with Crippen LogP contribution in [0.3, 0.4) is 0 Å². The molecule has 11 heteroatoms. The molecule has 1 N–H and O–H groups in total. The summed E-state index contributed by atoms with van der Waals surface area (Å²) < 4.78 is 40.4. The maximum Gasteiger partial charge on any atom is 0.243 e. The van der Waals surface area contributed by atoms with Gasteiger partial charge in [-0.1, -0.05) is 102 Å². The van der Waals surface area contributed by atoms with Crippen LogP contribution < -0.4 is 5.32 Å². The molecule has 0 heterocycles. The van der Waals surface area contributed by atoms with Crippen molar-refractivity contribution in [3.63, 3.8) is 0 Å². The van der Waals surface area contributed by atoms with Gasteiger partial charge in [0.25, 0.3) is 0 Å². The molecule has 0 saturated carbocycles. The van der Waals surface area contributed by atoms with E-state index in [0.717, 1.165) is 16.1 Å². The second kappa shape index (κ2) is 15.3. The van der Waals surface area contributed by atoms with E-state index in [9.17, 15) is 22.4 Å². The van der Waals surface area contributed by atoms with Gasteiger partial charge in [-0.2, -0.15) is 4.31 Å². The minimum absolute atomic E-state index is 0.0274. The van der Waals surface area contributed by atoms with Crippen LogP contribution in [0.5, 0.6) is 0 Å². The summed E-state index contributed by atoms with van der Waals surface area (Å²) in [6.45, 7) is -0.520. The molecule has 4 aromatic carbocycles. The second-order valence-electron chi connectivity index (χ2n) is 10.3. The molecule has 4 aromatic rings. The first-order chi connectivity index (χ1) is 21.0. The Labute approximate surface area is 267 Å². The molecule has 0 aliphatic carbocycles. The predicted molar refractivity (Wildman–Crippen MR) is 171 cm³/mol. The van der Waals surface area contributed by atoms with Crippen LogP contribution in [0.2, 0.25) is 10.0 Å². The van der Waals surface area contributed by atoms with Crippen molar-refractivity contribution in [3.05, 3.63) is 141 Å². The molecule has 0 radical (unpaired) electrons. The summed E-state index contributed by atoms with van der Waals surface area (Å²) in [6, 6.07) is 27.6. The average molecular weight is 657 g/mol. The van der Waals surface area contributed by atoms with Gasteiger partial charge in [0.05, 0.1) is 12.8 Å². The zero-order chi connectivity index (χ0) is 31.7. The molecular weight excluding hydrogens is 624 g/mol. The zero-order valence-corrected chi connectivity index (χ0v) is 26.3. The summed E-state index contributed by atoms with van der Waals surface area (Å²) in [5.41, 5.74) is 2.69. The first kappa shape index (κ1) is 33.1. The maximum atomic E-state index is 14.1. The lowest BCUT2D eigenvalue weighted by molar-refractivity contribution is -0.141. The largest absolute Gasteiger partial charge is 0.350 e. The van der Waals surface area contributed by atoms with Gasteiger partial charge in [-0.05, 0) is 46.5 Å². The Balaban J connectivity index is 1.68. The van der Waals surface area contributed by atoms with Crippen molar-refractivity contribution >= 4 is 45.0 Å². The second-order valence-corrected chi connectivity index (χ2v) is 13.1. The minimum atomic E-state index is -3.82. The number of rotatable bonds is 13. The van der Waals surface area contributed by atoms with Gasteiger partial charge in [0.1, 0.15) is 11.9 Å². The lowest BCUT2D eigenvalue weighted by Crippen LogP contribution is -2.53. The summed E-state index contributed by atoms with van der Waals surface area (Å²) in [5, 5.41) is 3.71. The van der Waals surface area contributed by atoms with Crippen LogP contribution in [0, 0.1) is 5.82 Å². The number of carbonyl (C=O) groups excluding carboxylic acids is 2. The van der Waals surface area contributed by atoms with E-state index in [4.69, 9.17) is 23.2 Å². The van der Waals surface area contributed by atoms with Gasteiger partial charge in [0.15, 0.2) is 0 Å². The van der Waals surface area contributed by atoms with Gasteiger partial charge in [0, 0.05) is 36.1 Å². The third kappa shape index (κ3) is 9.62. The molecule has 7 nitrogen and oxygen atoms in total. The molecule has 44 heavy (non-hydrogen) atoms. The molecule has 0 aliphatic rings. The molecule has 4 rings (SSSR count). The normalized spacial score (nSPS) is 12.1. The molecule has 0 fully saturated rings. The molecule has 0 saturated heterocycles. The fourth-order valence-electron chi connectivity index (χ4n) is 4.62. The quantitative estimate of drug-likeness (QED) is 0.196. The first-order valence-corrected chi connectivity index (χ1v) is 16.4. The van der Waals surface area contributed by atoms with E-state index in [-0.39, 0.29) is 26.1 Å². The van der Waals surface area contributed by atoms with Crippen LogP contribution in [-0.4, -0.2) is 48.3 Å². The molecule has 0 aromatic heterocycles. The smallest absolute Gasteiger partial charge is 0.243 e. The van der Waals surface area contributed by atoms with Crippen molar-refractivity contribution in [1.29, 1.82) is 0 Å². The number of sulfonamides is 1. The van der Waals surface area contributed by atoms with Crippen LogP contribution in [-0.2, 0) is 45.7 Å². The molecule has 0 spiro atoms. The maximum absolute atomic E-state index is 14.1. The summed E-state index contributed by atoms with van der Waals surface area (Å²) in [5.74, 6) is -1.50. The van der Waals surface area contributed by atoms with Gasteiger partial charge >= 0.3 is 0 Å². The number of hydrogen-bond acceptors (Lipinski definition) is 4. The number of hydrogen-bond donors (Lipinski definition) is 1. The number of nitrogens with zero attached hydrogens (tertiary/aromatic N) is 2. The standard InChI is InChI=1S/C33H32Cl2FN3O4S/c1-44(42,43)38(21-25-10-6-3-7-11-25)23-32(40)39(22-26-12-16-29(36)17-13-26)31(18-24-8-4-2-5-9-24)33(41)37-20-27-14-15-28(34)19-30(27)35/h2-17,19,31H,18,20-23H2,1H3,(H,37,41)/t31-/m1/s1. The Morgan fingerprint density at radius 3 is 2.00 bits per heavy atom. The minimum Gasteiger partial charge on any atom is -0.350 e. The average Bonchev–Trinajstić information content (AvgIpc) is 2.99. The van der Waals surface area contributed by atoms with E-state index in [2.05, 4.69) is 5.32 Å². The molecular formula is C33H32Cl2FN3O4S. The Morgan fingerprint density at radius 1 is 0.818 bits per heavy atom. The summed E-state index contributed by atoms with van der Waals surface area (Å²) >= 11 is 12.4. The van der Waals surface area contributed by atoms with Crippen molar-refractivity contribution in [3.8, 4) is 0 Å². The predicted octanol–water partition coefficient (Wildman–Crippen LogP) is 5.85. The molecule has 0 bridgehead atoms. The van der Waals surface area contributed by atoms with Crippen molar-refractivity contribution in [2.24, 2.45) is 0 Å². The summed E-state index contributed by atoms with van der Waals surface area (Å²) in [6.07, 6.45) is 1.18. The zero-order valence-electron chi connectivity index (χ0n) is 24.0. The lowest BCUT2D eigenvalue weighted by Gasteiger charge is -2.33. The highest BCUT2D eigenvalue weighted by Crippen LogP contribution is 2.22. The van der Waals surface area contributed by atoms with Gasteiger partial charge in [-0.15, -0.1) is 0 Å². The number of benzene rings is 4.